The van der Waals surface area contributed by atoms with Crippen molar-refractivity contribution in [3.05, 3.63) is 107 Å². The normalized spacial score (nSPS) is 10.9. The predicted octanol–water partition coefficient (Wildman–Crippen LogP) is 6.57. The summed E-state index contributed by atoms with van der Waals surface area (Å²) in [6.45, 7) is 3.00. The van der Waals surface area contributed by atoms with Crippen LogP contribution in [0.1, 0.15) is 29.4 Å². The van der Waals surface area contributed by atoms with Crippen molar-refractivity contribution in [3.8, 4) is 34.0 Å². The number of carbonyl (C=O) groups excluding carboxylic acids is 1. The fourth-order valence-electron chi connectivity index (χ4n) is 3.82. The Hall–Kier alpha value is -4.36. The van der Waals surface area contributed by atoms with Gasteiger partial charge in [-0.25, -0.2) is 4.68 Å². The molecule has 5 aromatic rings. The van der Waals surface area contributed by atoms with Crippen LogP contribution in [0.25, 0.3) is 28.3 Å². The van der Waals surface area contributed by atoms with Gasteiger partial charge in [0.2, 0.25) is 0 Å². The molecule has 0 aliphatic rings. The van der Waals surface area contributed by atoms with Crippen molar-refractivity contribution in [2.75, 3.05) is 6.61 Å². The summed E-state index contributed by atoms with van der Waals surface area (Å²) in [5.41, 5.74) is 4.46. The lowest BCUT2D eigenvalue weighted by atomic mass is 10.1. The number of hydrogen-bond acceptors (Lipinski definition) is 5. The van der Waals surface area contributed by atoms with Crippen molar-refractivity contribution < 1.29 is 14.1 Å². The average molecular weight is 513 g/mol. The molecule has 3 aromatic carbocycles. The number of ether oxygens (including phenoxy) is 1. The smallest absolute Gasteiger partial charge is 0.273 e. The lowest BCUT2D eigenvalue weighted by Crippen LogP contribution is -2.23. The van der Waals surface area contributed by atoms with Crippen LogP contribution in [0.15, 0.2) is 95.6 Å². The third-order valence-electron chi connectivity index (χ3n) is 5.72. The number of hydrogen-bond donors (Lipinski definition) is 1. The molecule has 7 nitrogen and oxygen atoms in total. The van der Waals surface area contributed by atoms with E-state index in [0.717, 1.165) is 40.2 Å². The summed E-state index contributed by atoms with van der Waals surface area (Å²) in [6, 6.07) is 26.4. The average Bonchev–Trinajstić information content (AvgIpc) is 3.60. The largest absolute Gasteiger partial charge is 0.494 e. The lowest BCUT2D eigenvalue weighted by Gasteiger charge is -2.07. The first-order valence-electron chi connectivity index (χ1n) is 12.0. The van der Waals surface area contributed by atoms with Gasteiger partial charge in [0.25, 0.3) is 5.91 Å². The van der Waals surface area contributed by atoms with Crippen molar-refractivity contribution in [2.24, 2.45) is 0 Å². The maximum atomic E-state index is 12.9. The lowest BCUT2D eigenvalue weighted by molar-refractivity contribution is 0.0942. The van der Waals surface area contributed by atoms with Crippen LogP contribution in [0.3, 0.4) is 0 Å². The Balaban J connectivity index is 1.37. The van der Waals surface area contributed by atoms with Gasteiger partial charge in [-0.3, -0.25) is 4.79 Å². The van der Waals surface area contributed by atoms with Gasteiger partial charge >= 0.3 is 0 Å². The van der Waals surface area contributed by atoms with Crippen LogP contribution >= 0.6 is 11.6 Å². The summed E-state index contributed by atoms with van der Waals surface area (Å²) in [6.07, 6.45) is 2.87. The van der Waals surface area contributed by atoms with Gasteiger partial charge in [-0.2, -0.15) is 5.10 Å². The van der Waals surface area contributed by atoms with E-state index in [2.05, 4.69) is 17.4 Å². The summed E-state index contributed by atoms with van der Waals surface area (Å²) in [7, 11) is 0. The number of nitrogens with zero attached hydrogens (tertiary/aromatic N) is 3. The number of amides is 1. The van der Waals surface area contributed by atoms with Gasteiger partial charge in [0.1, 0.15) is 5.75 Å². The van der Waals surface area contributed by atoms with Crippen LogP contribution in [0, 0.1) is 0 Å². The second kappa shape index (κ2) is 11.1. The first-order valence-corrected chi connectivity index (χ1v) is 12.4. The Bertz CT molecular complexity index is 1480. The van der Waals surface area contributed by atoms with Crippen LogP contribution < -0.4 is 10.1 Å². The molecule has 37 heavy (non-hydrogen) atoms. The minimum Gasteiger partial charge on any atom is -0.494 e. The van der Waals surface area contributed by atoms with Gasteiger partial charge in [-0.05, 0) is 67.1 Å². The fourth-order valence-corrected chi connectivity index (χ4v) is 3.95. The van der Waals surface area contributed by atoms with Gasteiger partial charge in [0.05, 0.1) is 18.0 Å². The van der Waals surface area contributed by atoms with Crippen LogP contribution in [0.4, 0.5) is 0 Å². The molecule has 5 rings (SSSR count). The SMILES string of the molecule is CCCOc1ccc(-c2nn(-c3ccccc3)cc2CNC(=O)c2cc(-c3ccc(Cl)cc3)on2)cc1. The van der Waals surface area contributed by atoms with E-state index >= 15 is 0 Å². The van der Waals surface area contributed by atoms with Crippen molar-refractivity contribution in [1.82, 2.24) is 20.3 Å². The number of para-hydroxylation sites is 1. The number of rotatable bonds is 9. The summed E-state index contributed by atoms with van der Waals surface area (Å²) in [5.74, 6) is 0.959. The van der Waals surface area contributed by atoms with Gasteiger partial charge in [-0.15, -0.1) is 0 Å². The molecule has 0 fully saturated rings. The van der Waals surface area contributed by atoms with E-state index in [1.165, 1.54) is 0 Å². The van der Waals surface area contributed by atoms with Crippen LogP contribution in [0.5, 0.6) is 5.75 Å². The summed E-state index contributed by atoms with van der Waals surface area (Å²) in [4.78, 5) is 12.9. The molecule has 2 aromatic heterocycles. The zero-order valence-corrected chi connectivity index (χ0v) is 21.0. The van der Waals surface area contributed by atoms with Gasteiger partial charge in [0.15, 0.2) is 11.5 Å². The summed E-state index contributed by atoms with van der Waals surface area (Å²) in [5, 5.41) is 12.3. The molecule has 1 N–H and O–H groups in total. The van der Waals surface area contributed by atoms with Crippen LogP contribution in [-0.2, 0) is 6.54 Å². The Morgan fingerprint density at radius 3 is 2.46 bits per heavy atom. The van der Waals surface area contributed by atoms with E-state index in [4.69, 9.17) is 26.0 Å². The molecule has 0 atom stereocenters. The zero-order chi connectivity index (χ0) is 25.6. The Morgan fingerprint density at radius 1 is 1.00 bits per heavy atom. The maximum Gasteiger partial charge on any atom is 0.273 e. The molecular formula is C29H25ClN4O3. The standard InChI is InChI=1S/C29H25ClN4O3/c1-2-16-36-25-14-10-21(11-15-25)28-22(19-34(32-28)24-6-4-3-5-7-24)18-31-29(35)26-17-27(37-33-26)20-8-12-23(30)13-9-20/h3-15,17,19H,2,16,18H2,1H3,(H,31,35). The molecule has 0 spiro atoms. The Kier molecular flexibility index (Phi) is 7.33. The monoisotopic (exact) mass is 512 g/mol. The molecule has 2 heterocycles. The highest BCUT2D eigenvalue weighted by Gasteiger charge is 2.17. The molecule has 8 heteroatoms. The van der Waals surface area contributed by atoms with E-state index in [0.29, 0.717) is 17.4 Å². The highest BCUT2D eigenvalue weighted by atomic mass is 35.5. The van der Waals surface area contributed by atoms with Gasteiger partial charge < -0.3 is 14.6 Å². The molecule has 0 aliphatic heterocycles. The van der Waals surface area contributed by atoms with E-state index in [1.807, 2.05) is 77.6 Å². The van der Waals surface area contributed by atoms with E-state index in [9.17, 15) is 4.79 Å². The van der Waals surface area contributed by atoms with Crippen molar-refractivity contribution in [2.45, 2.75) is 19.9 Å². The summed E-state index contributed by atoms with van der Waals surface area (Å²) < 4.78 is 12.9. The minimum absolute atomic E-state index is 0.194. The predicted molar refractivity (Wildman–Crippen MR) is 143 cm³/mol. The molecule has 1 amide bonds. The number of carbonyl (C=O) groups is 1. The molecule has 0 unspecified atom stereocenters. The quantitative estimate of drug-likeness (QED) is 0.241. The summed E-state index contributed by atoms with van der Waals surface area (Å²) >= 11 is 5.96. The Labute approximate surface area is 219 Å². The third-order valence-corrected chi connectivity index (χ3v) is 5.97. The fraction of sp³-hybridized carbons (Fsp3) is 0.138. The van der Waals surface area contributed by atoms with E-state index in [-0.39, 0.29) is 18.1 Å². The number of halogens is 1. The van der Waals surface area contributed by atoms with Crippen molar-refractivity contribution >= 4 is 17.5 Å². The number of benzene rings is 3. The molecule has 0 saturated carbocycles. The molecule has 0 saturated heterocycles. The molecular weight excluding hydrogens is 488 g/mol. The number of aromatic nitrogens is 3. The zero-order valence-electron chi connectivity index (χ0n) is 20.2. The highest BCUT2D eigenvalue weighted by Crippen LogP contribution is 2.27. The second-order valence-corrected chi connectivity index (χ2v) is 8.86. The molecule has 0 bridgehead atoms. The molecule has 0 radical (unpaired) electrons. The second-order valence-electron chi connectivity index (χ2n) is 8.42. The minimum atomic E-state index is -0.342. The maximum absolute atomic E-state index is 12.9. The number of nitrogens with one attached hydrogen (secondary N) is 1. The van der Waals surface area contributed by atoms with Gasteiger partial charge in [0, 0.05) is 40.5 Å². The van der Waals surface area contributed by atoms with E-state index in [1.54, 1.807) is 18.2 Å². The first-order chi connectivity index (χ1) is 18.1. The van der Waals surface area contributed by atoms with Gasteiger partial charge in [-0.1, -0.05) is 41.9 Å². The van der Waals surface area contributed by atoms with E-state index < -0.39 is 0 Å². The van der Waals surface area contributed by atoms with Crippen molar-refractivity contribution in [1.29, 1.82) is 0 Å². The van der Waals surface area contributed by atoms with Crippen LogP contribution in [-0.4, -0.2) is 27.5 Å². The van der Waals surface area contributed by atoms with Crippen molar-refractivity contribution in [3.63, 3.8) is 0 Å². The molecule has 0 aliphatic carbocycles. The first kappa shape index (κ1) is 24.3. The van der Waals surface area contributed by atoms with Crippen LogP contribution in [0.2, 0.25) is 5.02 Å². The molecule has 186 valence electrons. The topological polar surface area (TPSA) is 82.2 Å². The highest BCUT2D eigenvalue weighted by molar-refractivity contribution is 6.30. The third kappa shape index (κ3) is 5.73. The Morgan fingerprint density at radius 2 is 1.73 bits per heavy atom.